The Morgan fingerprint density at radius 1 is 0.667 bits per heavy atom. The van der Waals surface area contributed by atoms with Crippen LogP contribution in [0.3, 0.4) is 0 Å². The third kappa shape index (κ3) is 6.13. The van der Waals surface area contributed by atoms with E-state index in [9.17, 15) is 35.5 Å². The SMILES string of the molecule is O=C1CNc2ccc(S(=O)(=O)[O-])cc21.O=C1CNc2ccc(S(=O)(=O)[O-])cc21.[Na+].[Na+]. The van der Waals surface area contributed by atoms with Crippen LogP contribution < -0.4 is 69.7 Å². The zero-order chi connectivity index (χ0) is 20.7. The largest absolute Gasteiger partial charge is 1.00 e. The molecule has 0 saturated carbocycles. The van der Waals surface area contributed by atoms with Gasteiger partial charge in [0.25, 0.3) is 0 Å². The van der Waals surface area contributed by atoms with E-state index < -0.39 is 20.2 Å². The molecule has 2 aliphatic heterocycles. The number of carbonyl (C=O) groups is 2. The molecule has 0 amide bonds. The van der Waals surface area contributed by atoms with E-state index in [0.717, 1.165) is 12.1 Å². The Hall–Kier alpha value is -0.800. The summed E-state index contributed by atoms with van der Waals surface area (Å²) in [6.45, 7) is 0.301. The number of nitrogens with one attached hydrogen (secondary N) is 2. The third-order valence-corrected chi connectivity index (χ3v) is 5.70. The molecule has 2 aromatic rings. The Morgan fingerprint density at radius 3 is 1.30 bits per heavy atom. The molecule has 2 aliphatic rings. The fourth-order valence-corrected chi connectivity index (χ4v) is 3.66. The van der Waals surface area contributed by atoms with Crippen LogP contribution in [0.1, 0.15) is 20.7 Å². The van der Waals surface area contributed by atoms with E-state index in [1.165, 1.54) is 24.3 Å². The molecule has 0 saturated heterocycles. The van der Waals surface area contributed by atoms with Crippen LogP contribution in [-0.4, -0.2) is 50.6 Å². The molecule has 0 aliphatic carbocycles. The van der Waals surface area contributed by atoms with Gasteiger partial charge in [-0.25, -0.2) is 16.8 Å². The first-order chi connectivity index (χ1) is 13.0. The molecular weight excluding hydrogens is 458 g/mol. The van der Waals surface area contributed by atoms with E-state index in [1.54, 1.807) is 0 Å². The molecule has 0 radical (unpaired) electrons. The van der Waals surface area contributed by atoms with Crippen LogP contribution in [0.25, 0.3) is 0 Å². The number of hydrogen-bond acceptors (Lipinski definition) is 10. The van der Waals surface area contributed by atoms with Crippen molar-refractivity contribution in [3.05, 3.63) is 47.5 Å². The summed E-state index contributed by atoms with van der Waals surface area (Å²) in [4.78, 5) is 21.6. The Balaban J connectivity index is 0.000000281. The summed E-state index contributed by atoms with van der Waals surface area (Å²) in [6.07, 6.45) is 0. The van der Waals surface area contributed by atoms with Gasteiger partial charge in [-0.1, -0.05) is 0 Å². The normalized spacial score (nSPS) is 14.1. The summed E-state index contributed by atoms with van der Waals surface area (Å²) in [5.41, 5.74) is 1.67. The van der Waals surface area contributed by atoms with Gasteiger partial charge < -0.3 is 19.7 Å². The topological polar surface area (TPSA) is 173 Å². The number of ketones is 2. The van der Waals surface area contributed by atoms with Crippen molar-refractivity contribution in [3.8, 4) is 0 Å². The Bertz CT molecular complexity index is 1120. The number of benzene rings is 2. The molecule has 2 N–H and O–H groups in total. The van der Waals surface area contributed by atoms with Gasteiger partial charge in [-0.15, -0.1) is 0 Å². The second-order valence-corrected chi connectivity index (χ2v) is 8.64. The van der Waals surface area contributed by atoms with Crippen molar-refractivity contribution in [1.29, 1.82) is 0 Å². The zero-order valence-corrected chi connectivity index (χ0v) is 21.6. The molecule has 0 fully saturated rings. The molecule has 0 aromatic heterocycles. The van der Waals surface area contributed by atoms with Gasteiger partial charge in [-0.05, 0) is 36.4 Å². The fraction of sp³-hybridized carbons (Fsp3) is 0.125. The van der Waals surface area contributed by atoms with Gasteiger partial charge in [0.15, 0.2) is 11.6 Å². The van der Waals surface area contributed by atoms with Gasteiger partial charge in [0.2, 0.25) is 0 Å². The number of hydrogen-bond donors (Lipinski definition) is 2. The summed E-state index contributed by atoms with van der Waals surface area (Å²) < 4.78 is 63.9. The van der Waals surface area contributed by atoms with E-state index in [2.05, 4.69) is 10.6 Å². The Kier molecular flexibility index (Phi) is 9.27. The van der Waals surface area contributed by atoms with Crippen molar-refractivity contribution >= 4 is 43.2 Å². The number of rotatable bonds is 2. The first kappa shape index (κ1) is 27.2. The van der Waals surface area contributed by atoms with Crippen molar-refractivity contribution in [2.45, 2.75) is 9.79 Å². The molecule has 0 unspecified atom stereocenters. The van der Waals surface area contributed by atoms with Gasteiger partial charge in [0.1, 0.15) is 20.2 Å². The van der Waals surface area contributed by atoms with Crippen LogP contribution in [0.2, 0.25) is 0 Å². The van der Waals surface area contributed by atoms with Crippen LogP contribution >= 0.6 is 0 Å². The first-order valence-corrected chi connectivity index (χ1v) is 10.5. The summed E-state index contributed by atoms with van der Waals surface area (Å²) >= 11 is 0. The fourth-order valence-electron chi connectivity index (χ4n) is 2.67. The molecule has 2 aromatic carbocycles. The van der Waals surface area contributed by atoms with E-state index in [-0.39, 0.29) is 105 Å². The van der Waals surface area contributed by atoms with Crippen molar-refractivity contribution in [3.63, 3.8) is 0 Å². The summed E-state index contributed by atoms with van der Waals surface area (Å²) in [6, 6.07) is 7.44. The molecule has 10 nitrogen and oxygen atoms in total. The first-order valence-electron chi connectivity index (χ1n) is 7.71. The number of carbonyl (C=O) groups excluding carboxylic acids is 2. The van der Waals surface area contributed by atoms with Gasteiger partial charge in [-0.3, -0.25) is 9.59 Å². The second-order valence-electron chi connectivity index (χ2n) is 5.88. The van der Waals surface area contributed by atoms with Gasteiger partial charge in [-0.2, -0.15) is 0 Å². The average Bonchev–Trinajstić information content (AvgIpc) is 3.17. The number of Topliss-reactive ketones (excluding diaryl/α,β-unsaturated/α-hetero) is 2. The predicted molar refractivity (Wildman–Crippen MR) is 94.5 cm³/mol. The molecule has 0 atom stereocenters. The van der Waals surface area contributed by atoms with Crippen LogP contribution in [-0.2, 0) is 20.2 Å². The van der Waals surface area contributed by atoms with Crippen molar-refractivity contribution < 1.29 is 94.6 Å². The van der Waals surface area contributed by atoms with Crippen molar-refractivity contribution in [1.82, 2.24) is 0 Å². The molecule has 0 bridgehead atoms. The molecule has 2 heterocycles. The van der Waals surface area contributed by atoms with Crippen molar-refractivity contribution in [2.24, 2.45) is 0 Å². The van der Waals surface area contributed by atoms with Crippen molar-refractivity contribution in [2.75, 3.05) is 23.7 Å². The van der Waals surface area contributed by atoms with Crippen LogP contribution in [0, 0.1) is 0 Å². The standard InChI is InChI=1S/2C8H7NO4S.2Na/c2*10-8-4-9-7-2-1-5(3-6(7)8)14(11,12)13;;/h2*1-3,9H,4H2,(H,11,12,13);;/q;;2*+1/p-2. The van der Waals surface area contributed by atoms with Gasteiger partial charge >= 0.3 is 59.1 Å². The molecular formula is C16H12N2Na2O8S2. The van der Waals surface area contributed by atoms with E-state index in [0.29, 0.717) is 11.4 Å². The van der Waals surface area contributed by atoms with Gasteiger partial charge in [0.05, 0.1) is 22.9 Å². The summed E-state index contributed by atoms with van der Waals surface area (Å²) in [7, 11) is -8.96. The maximum atomic E-state index is 11.2. The minimum absolute atomic E-state index is 0. The average molecular weight is 470 g/mol. The second kappa shape index (κ2) is 10.2. The number of anilines is 2. The summed E-state index contributed by atoms with van der Waals surface area (Å²) in [5.74, 6) is -0.406. The smallest absolute Gasteiger partial charge is 0.744 e. The quantitative estimate of drug-likeness (QED) is 0.318. The molecule has 30 heavy (non-hydrogen) atoms. The van der Waals surface area contributed by atoms with Crippen LogP contribution in [0.4, 0.5) is 11.4 Å². The van der Waals surface area contributed by atoms with Crippen LogP contribution in [0.15, 0.2) is 46.2 Å². The number of fused-ring (bicyclic) bond motifs is 2. The molecule has 148 valence electrons. The molecule has 14 heteroatoms. The van der Waals surface area contributed by atoms with E-state index in [1.807, 2.05) is 0 Å². The monoisotopic (exact) mass is 470 g/mol. The molecule has 4 rings (SSSR count). The maximum Gasteiger partial charge on any atom is 1.00 e. The van der Waals surface area contributed by atoms with Crippen LogP contribution in [0.5, 0.6) is 0 Å². The van der Waals surface area contributed by atoms with Gasteiger partial charge in [0, 0.05) is 22.5 Å². The minimum Gasteiger partial charge on any atom is -0.744 e. The Morgan fingerprint density at radius 2 is 1.00 bits per heavy atom. The maximum absolute atomic E-state index is 11.2. The summed E-state index contributed by atoms with van der Waals surface area (Å²) in [5, 5.41) is 5.56. The zero-order valence-electron chi connectivity index (χ0n) is 16.0. The van der Waals surface area contributed by atoms with E-state index >= 15 is 0 Å². The minimum atomic E-state index is -4.48. The Labute approximate surface area is 216 Å². The third-order valence-electron chi connectivity index (χ3n) is 4.04. The molecule has 0 spiro atoms. The van der Waals surface area contributed by atoms with E-state index in [4.69, 9.17) is 0 Å². The predicted octanol–water partition coefficient (Wildman–Crippen LogP) is -5.59.